The quantitative estimate of drug-likeness (QED) is 0.0801. The predicted octanol–water partition coefficient (Wildman–Crippen LogP) is 2.76. The lowest BCUT2D eigenvalue weighted by atomic mass is 9.83. The molecule has 4 amide bonds. The molecule has 0 aromatic heterocycles. The van der Waals surface area contributed by atoms with Crippen molar-refractivity contribution < 1.29 is 68.0 Å². The number of benzene rings is 4. The minimum absolute atomic E-state index is 0.0587. The highest BCUT2D eigenvalue weighted by atomic mass is 16.7. The molecule has 4 aromatic carbocycles. The summed E-state index contributed by atoms with van der Waals surface area (Å²) in [6.07, 6.45) is -15.9. The fraction of sp³-hybridized carbons (Fsp3) is 0.364. The van der Waals surface area contributed by atoms with Crippen LogP contribution in [0.15, 0.2) is 121 Å². The molecule has 1 aliphatic carbocycles. The highest BCUT2D eigenvalue weighted by molar-refractivity contribution is 5.69. The third kappa shape index (κ3) is 13.1. The Labute approximate surface area is 357 Å². The summed E-state index contributed by atoms with van der Waals surface area (Å²) in [5.41, 5.74) is 2.75. The molecule has 4 aromatic rings. The number of aliphatic hydroxyl groups excluding tert-OH is 4. The van der Waals surface area contributed by atoms with Gasteiger partial charge in [-0.25, -0.2) is 19.2 Å². The standard InChI is InChI=1S/C44H50N4O14/c49-35-31(46-42(54)58-24-28-15-7-2-8-16-28)21-32(47-43(55)59-25-29-17-9-3-10-18-29)39(38(35)52)62-40-34(48-44(56)60-26-30-19-11-4-12-20-30)37(51)36(50)33(61-40)22-45-41(53)57-23-27-13-5-1-6-14-27/h1-20,31-40,49-52H,21-26H2,(H,45,53)(H,46,54)(H,47,55)(H,48,56)/t31-,32+,33+,34+,35+,36+,37+,38-,39-,40+/m0/s1. The van der Waals surface area contributed by atoms with E-state index in [0.717, 1.165) is 5.56 Å². The molecule has 0 spiro atoms. The molecule has 18 heteroatoms. The van der Waals surface area contributed by atoms with Crippen LogP contribution in [0.3, 0.4) is 0 Å². The zero-order valence-corrected chi connectivity index (χ0v) is 33.4. The molecular weight excluding hydrogens is 808 g/mol. The summed E-state index contributed by atoms with van der Waals surface area (Å²) >= 11 is 0. The Hall–Kier alpha value is -6.28. The molecule has 1 aliphatic heterocycles. The van der Waals surface area contributed by atoms with Crippen molar-refractivity contribution in [1.29, 1.82) is 0 Å². The van der Waals surface area contributed by atoms with Gasteiger partial charge in [-0.2, -0.15) is 0 Å². The molecule has 0 unspecified atom stereocenters. The number of carbonyl (C=O) groups is 4. The van der Waals surface area contributed by atoms with E-state index in [1.54, 1.807) is 115 Å². The van der Waals surface area contributed by atoms with E-state index in [0.29, 0.717) is 16.7 Å². The summed E-state index contributed by atoms with van der Waals surface area (Å²) in [4.78, 5) is 52.0. The Morgan fingerprint density at radius 1 is 0.500 bits per heavy atom. The highest BCUT2D eigenvalue weighted by Gasteiger charge is 2.51. The van der Waals surface area contributed by atoms with Gasteiger partial charge in [0.25, 0.3) is 0 Å². The van der Waals surface area contributed by atoms with E-state index in [1.165, 1.54) is 0 Å². The van der Waals surface area contributed by atoms with Crippen molar-refractivity contribution in [2.24, 2.45) is 0 Å². The average molecular weight is 859 g/mol. The molecule has 10 atom stereocenters. The first-order valence-electron chi connectivity index (χ1n) is 19.9. The van der Waals surface area contributed by atoms with Crippen LogP contribution in [0.1, 0.15) is 28.7 Å². The second-order valence-electron chi connectivity index (χ2n) is 14.6. The second-order valence-corrected chi connectivity index (χ2v) is 14.6. The summed E-state index contributed by atoms with van der Waals surface area (Å²) in [6, 6.07) is 31.3. The number of carbonyl (C=O) groups excluding carboxylic acids is 4. The molecule has 18 nitrogen and oxygen atoms in total. The third-order valence-electron chi connectivity index (χ3n) is 10.2. The molecule has 62 heavy (non-hydrogen) atoms. The Bertz CT molecular complexity index is 2020. The Balaban J connectivity index is 1.19. The molecule has 8 N–H and O–H groups in total. The molecule has 6 rings (SSSR count). The lowest BCUT2D eigenvalue weighted by Crippen LogP contribution is -2.69. The van der Waals surface area contributed by atoms with E-state index in [2.05, 4.69) is 21.3 Å². The normalized spacial score (nSPS) is 25.6. The SMILES string of the molecule is O=C(NC[C@H]1O[C@H](O[C@@H]2[C@@H](O)[C@H](O)[C@@H](NC(=O)OCc3ccccc3)C[C@H]2NC(=O)OCc2ccccc2)[C@H](NC(=O)OCc2ccccc2)[C@@H](O)[C@@H]1O)OCc1ccccc1. The van der Waals surface area contributed by atoms with Crippen molar-refractivity contribution in [2.45, 2.75) is 93.9 Å². The first kappa shape index (κ1) is 45.3. The molecular formula is C44H50N4O14. The largest absolute Gasteiger partial charge is 0.445 e. The maximum atomic E-state index is 13.3. The highest BCUT2D eigenvalue weighted by Crippen LogP contribution is 2.30. The predicted molar refractivity (Wildman–Crippen MR) is 217 cm³/mol. The first-order chi connectivity index (χ1) is 30.0. The number of hydrogen-bond acceptors (Lipinski definition) is 14. The summed E-state index contributed by atoms with van der Waals surface area (Å²) in [7, 11) is 0. The van der Waals surface area contributed by atoms with Gasteiger partial charge < -0.3 is 70.1 Å². The first-order valence-corrected chi connectivity index (χ1v) is 19.9. The number of alkyl carbamates (subject to hydrolysis) is 4. The molecule has 0 radical (unpaired) electrons. The van der Waals surface area contributed by atoms with Gasteiger partial charge in [0, 0.05) is 6.54 Å². The van der Waals surface area contributed by atoms with E-state index < -0.39 is 92.0 Å². The van der Waals surface area contributed by atoms with E-state index in [-0.39, 0.29) is 32.8 Å². The van der Waals surface area contributed by atoms with Crippen molar-refractivity contribution in [3.05, 3.63) is 144 Å². The lowest BCUT2D eigenvalue weighted by molar-refractivity contribution is -0.293. The number of amides is 4. The van der Waals surface area contributed by atoms with Crippen LogP contribution in [0, 0.1) is 0 Å². The Morgan fingerprint density at radius 2 is 0.903 bits per heavy atom. The van der Waals surface area contributed by atoms with Crippen molar-refractivity contribution >= 4 is 24.4 Å². The topological polar surface area (TPSA) is 253 Å². The van der Waals surface area contributed by atoms with E-state index in [1.807, 2.05) is 6.07 Å². The van der Waals surface area contributed by atoms with Crippen molar-refractivity contribution in [2.75, 3.05) is 6.54 Å². The summed E-state index contributed by atoms with van der Waals surface area (Å²) < 4.78 is 33.7. The van der Waals surface area contributed by atoms with Gasteiger partial charge in [-0.3, -0.25) is 0 Å². The maximum Gasteiger partial charge on any atom is 0.407 e. The monoisotopic (exact) mass is 858 g/mol. The molecule has 2 aliphatic rings. The van der Waals surface area contributed by atoms with E-state index >= 15 is 0 Å². The van der Waals surface area contributed by atoms with Gasteiger partial charge in [-0.05, 0) is 28.7 Å². The van der Waals surface area contributed by atoms with Crippen LogP contribution in [-0.4, -0.2) is 112 Å². The van der Waals surface area contributed by atoms with Crippen molar-refractivity contribution in [3.63, 3.8) is 0 Å². The van der Waals surface area contributed by atoms with Gasteiger partial charge in [-0.1, -0.05) is 121 Å². The van der Waals surface area contributed by atoms with Crippen LogP contribution in [0.2, 0.25) is 0 Å². The van der Waals surface area contributed by atoms with Gasteiger partial charge >= 0.3 is 24.4 Å². The molecule has 1 saturated carbocycles. The Morgan fingerprint density at radius 3 is 1.35 bits per heavy atom. The number of aliphatic hydroxyl groups is 4. The van der Waals surface area contributed by atoms with Crippen LogP contribution in [0.25, 0.3) is 0 Å². The third-order valence-corrected chi connectivity index (χ3v) is 10.2. The molecule has 330 valence electrons. The number of nitrogens with one attached hydrogen (secondary N) is 4. The zero-order valence-electron chi connectivity index (χ0n) is 33.4. The van der Waals surface area contributed by atoms with Crippen LogP contribution in [-0.2, 0) is 54.8 Å². The molecule has 1 heterocycles. The van der Waals surface area contributed by atoms with Crippen LogP contribution in [0.5, 0.6) is 0 Å². The smallest absolute Gasteiger partial charge is 0.407 e. The lowest BCUT2D eigenvalue weighted by Gasteiger charge is -2.47. The fourth-order valence-corrected chi connectivity index (χ4v) is 6.89. The van der Waals surface area contributed by atoms with Gasteiger partial charge in [0.05, 0.1) is 12.1 Å². The fourth-order valence-electron chi connectivity index (χ4n) is 6.89. The van der Waals surface area contributed by atoms with Crippen LogP contribution in [0.4, 0.5) is 19.2 Å². The second kappa shape index (κ2) is 22.5. The van der Waals surface area contributed by atoms with Gasteiger partial charge in [0.1, 0.15) is 69.1 Å². The van der Waals surface area contributed by atoms with E-state index in [4.69, 9.17) is 28.4 Å². The Kier molecular flexibility index (Phi) is 16.4. The summed E-state index contributed by atoms with van der Waals surface area (Å²) in [6.45, 7) is -0.852. The number of ether oxygens (including phenoxy) is 6. The molecule has 2 fully saturated rings. The zero-order chi connectivity index (χ0) is 43.8. The van der Waals surface area contributed by atoms with E-state index in [9.17, 15) is 39.6 Å². The van der Waals surface area contributed by atoms with Crippen LogP contribution < -0.4 is 21.3 Å². The van der Waals surface area contributed by atoms with Gasteiger partial charge in [-0.15, -0.1) is 0 Å². The number of hydrogen-bond donors (Lipinski definition) is 8. The number of rotatable bonds is 15. The summed E-state index contributed by atoms with van der Waals surface area (Å²) in [5, 5.41) is 55.7. The average Bonchev–Trinajstić information content (AvgIpc) is 3.29. The molecule has 0 bridgehead atoms. The minimum atomic E-state index is -1.87. The molecule has 1 saturated heterocycles. The van der Waals surface area contributed by atoms with Crippen molar-refractivity contribution in [3.8, 4) is 0 Å². The minimum Gasteiger partial charge on any atom is -0.445 e. The van der Waals surface area contributed by atoms with Crippen molar-refractivity contribution in [1.82, 2.24) is 21.3 Å². The summed E-state index contributed by atoms with van der Waals surface area (Å²) in [5.74, 6) is 0. The van der Waals surface area contributed by atoms with Crippen LogP contribution >= 0.6 is 0 Å². The van der Waals surface area contributed by atoms with Gasteiger partial charge in [0.15, 0.2) is 6.29 Å². The van der Waals surface area contributed by atoms with Gasteiger partial charge in [0.2, 0.25) is 0 Å². The maximum absolute atomic E-state index is 13.3.